The molecule has 1 N–H and O–H groups in total. The maximum absolute atomic E-state index is 9.44. The highest BCUT2D eigenvalue weighted by atomic mass is 16.3. The van der Waals surface area contributed by atoms with Gasteiger partial charge in [-0.2, -0.15) is 0 Å². The van der Waals surface area contributed by atoms with Crippen LogP contribution in [0, 0.1) is 0 Å². The van der Waals surface area contributed by atoms with Gasteiger partial charge >= 0.3 is 0 Å². The Hall–Kier alpha value is -0.820. The first kappa shape index (κ1) is 10.3. The Kier molecular flexibility index (Phi) is 5.27. The monoisotopic (exact) mass is 178 g/mol. The lowest BCUT2D eigenvalue weighted by atomic mass is 10.1. The molecule has 0 aromatic rings. The molecule has 1 nitrogen and oxygen atoms in total. The van der Waals surface area contributed by atoms with Crippen molar-refractivity contribution in [1.29, 1.82) is 0 Å². The fraction of sp³-hybridized carbons (Fsp3) is 0.500. The molecule has 0 aliphatic heterocycles. The van der Waals surface area contributed by atoms with Crippen molar-refractivity contribution in [3.63, 3.8) is 0 Å². The van der Waals surface area contributed by atoms with Gasteiger partial charge in [-0.15, -0.1) is 0 Å². The second kappa shape index (κ2) is 6.67. The Labute approximate surface area is 80.5 Å². The smallest absolute Gasteiger partial charge is 0.0755 e. The minimum absolute atomic E-state index is 0.292. The Morgan fingerprint density at radius 3 is 2.00 bits per heavy atom. The van der Waals surface area contributed by atoms with Crippen molar-refractivity contribution in [1.82, 2.24) is 0 Å². The predicted molar refractivity (Wildman–Crippen MR) is 56.5 cm³/mol. The van der Waals surface area contributed by atoms with Crippen LogP contribution < -0.4 is 0 Å². The molecule has 0 saturated heterocycles. The Morgan fingerprint density at radius 2 is 1.31 bits per heavy atom. The average Bonchev–Trinajstić information content (AvgIpc) is 2.11. The third-order valence-corrected chi connectivity index (χ3v) is 2.07. The zero-order valence-corrected chi connectivity index (χ0v) is 8.02. The summed E-state index contributed by atoms with van der Waals surface area (Å²) < 4.78 is 0. The summed E-state index contributed by atoms with van der Waals surface area (Å²) in [5.74, 6) is 0. The second-order valence-corrected chi connectivity index (χ2v) is 3.33. The van der Waals surface area contributed by atoms with Gasteiger partial charge < -0.3 is 5.11 Å². The van der Waals surface area contributed by atoms with Gasteiger partial charge in [0.05, 0.1) is 6.10 Å². The van der Waals surface area contributed by atoms with Crippen LogP contribution in [-0.2, 0) is 0 Å². The van der Waals surface area contributed by atoms with Gasteiger partial charge in [-0.25, -0.2) is 0 Å². The van der Waals surface area contributed by atoms with Crippen LogP contribution in [0.2, 0.25) is 0 Å². The third kappa shape index (κ3) is 5.42. The summed E-state index contributed by atoms with van der Waals surface area (Å²) in [7, 11) is 0. The highest BCUT2D eigenvalue weighted by Gasteiger charge is 1.93. The summed E-state index contributed by atoms with van der Waals surface area (Å²) >= 11 is 0. The molecule has 1 atom stereocenters. The van der Waals surface area contributed by atoms with Gasteiger partial charge in [-0.05, 0) is 32.1 Å². The lowest BCUT2D eigenvalue weighted by Gasteiger charge is -2.00. The van der Waals surface area contributed by atoms with E-state index >= 15 is 0 Å². The summed E-state index contributed by atoms with van der Waals surface area (Å²) in [6, 6.07) is 0. The molecule has 0 fully saturated rings. The van der Waals surface area contributed by atoms with Crippen LogP contribution >= 0.6 is 0 Å². The van der Waals surface area contributed by atoms with Crippen molar-refractivity contribution in [2.45, 2.75) is 38.2 Å². The molecule has 1 unspecified atom stereocenters. The van der Waals surface area contributed by atoms with E-state index in [1.165, 1.54) is 0 Å². The number of rotatable bonds is 0. The third-order valence-electron chi connectivity index (χ3n) is 2.07. The van der Waals surface area contributed by atoms with E-state index < -0.39 is 0 Å². The van der Waals surface area contributed by atoms with Gasteiger partial charge in [0.25, 0.3) is 0 Å². The molecule has 1 aliphatic rings. The minimum Gasteiger partial charge on any atom is -0.389 e. The molecule has 1 heteroatoms. The topological polar surface area (TPSA) is 20.2 Å². The first-order valence-corrected chi connectivity index (χ1v) is 5.04. The Balaban J connectivity index is 2.41. The largest absolute Gasteiger partial charge is 0.389 e. The molecule has 13 heavy (non-hydrogen) atoms. The maximum atomic E-state index is 9.44. The van der Waals surface area contributed by atoms with E-state index in [0.717, 1.165) is 32.1 Å². The van der Waals surface area contributed by atoms with Gasteiger partial charge in [0.1, 0.15) is 0 Å². The van der Waals surface area contributed by atoms with E-state index in [0.29, 0.717) is 0 Å². The van der Waals surface area contributed by atoms with Gasteiger partial charge in [0.2, 0.25) is 0 Å². The maximum Gasteiger partial charge on any atom is 0.0755 e. The van der Waals surface area contributed by atoms with Gasteiger partial charge in [0, 0.05) is 0 Å². The van der Waals surface area contributed by atoms with Gasteiger partial charge in [-0.3, -0.25) is 0 Å². The quantitative estimate of drug-likeness (QED) is 0.565. The molecule has 0 bridgehead atoms. The molecular weight excluding hydrogens is 160 g/mol. The number of aliphatic hydroxyl groups is 1. The molecule has 0 amide bonds. The lowest BCUT2D eigenvalue weighted by molar-refractivity contribution is 0.226. The van der Waals surface area contributed by atoms with E-state index in [4.69, 9.17) is 0 Å². The molecule has 0 radical (unpaired) electrons. The van der Waals surface area contributed by atoms with Gasteiger partial charge in [0.15, 0.2) is 0 Å². The second-order valence-electron chi connectivity index (χ2n) is 3.33. The predicted octanol–water partition coefficient (Wildman–Crippen LogP) is 2.98. The van der Waals surface area contributed by atoms with E-state index in [2.05, 4.69) is 30.4 Å². The van der Waals surface area contributed by atoms with Crippen LogP contribution in [0.4, 0.5) is 0 Å². The summed E-state index contributed by atoms with van der Waals surface area (Å²) in [5, 5.41) is 9.44. The first-order chi connectivity index (χ1) is 6.39. The molecule has 1 rings (SSSR count). The highest BCUT2D eigenvalue weighted by molar-refractivity contribution is 4.97. The number of allylic oxidation sites excluding steroid dienone is 4. The van der Waals surface area contributed by atoms with Crippen molar-refractivity contribution in [3.8, 4) is 0 Å². The molecule has 0 spiro atoms. The highest BCUT2D eigenvalue weighted by Crippen LogP contribution is 2.03. The molecular formula is C12H18O. The van der Waals surface area contributed by atoms with E-state index in [1.807, 2.05) is 6.08 Å². The molecule has 0 aromatic heterocycles. The van der Waals surface area contributed by atoms with Gasteiger partial charge in [-0.1, -0.05) is 36.5 Å². The summed E-state index contributed by atoms with van der Waals surface area (Å²) in [5.41, 5.74) is 0. The molecule has 0 saturated carbocycles. The number of hydrogen-bond acceptors (Lipinski definition) is 1. The van der Waals surface area contributed by atoms with Crippen molar-refractivity contribution < 1.29 is 5.11 Å². The van der Waals surface area contributed by atoms with Crippen molar-refractivity contribution in [3.05, 3.63) is 36.5 Å². The van der Waals surface area contributed by atoms with Crippen LogP contribution in [0.15, 0.2) is 36.5 Å². The standard InChI is InChI=1S/C12H18O/c13-12-10-8-6-4-2-1-3-5-7-9-11-12/h1-2,7-10,12-13H,3-6,11H2. The fourth-order valence-corrected chi connectivity index (χ4v) is 1.31. The SMILES string of the molecule is OC1C=CCCC=CCCC=CC1. The molecule has 0 heterocycles. The Bertz CT molecular complexity index is 201. The zero-order chi connectivity index (χ0) is 9.36. The minimum atomic E-state index is -0.292. The fourth-order valence-electron chi connectivity index (χ4n) is 1.31. The zero-order valence-electron chi connectivity index (χ0n) is 8.02. The number of hydrogen-bond donors (Lipinski definition) is 1. The summed E-state index contributed by atoms with van der Waals surface area (Å²) in [6.07, 6.45) is 17.4. The van der Waals surface area contributed by atoms with Crippen molar-refractivity contribution >= 4 is 0 Å². The molecule has 72 valence electrons. The average molecular weight is 178 g/mol. The van der Waals surface area contributed by atoms with Crippen LogP contribution in [0.25, 0.3) is 0 Å². The van der Waals surface area contributed by atoms with Crippen molar-refractivity contribution in [2.24, 2.45) is 0 Å². The normalized spacial score (nSPS) is 25.2. The van der Waals surface area contributed by atoms with E-state index in [1.54, 1.807) is 0 Å². The van der Waals surface area contributed by atoms with E-state index in [-0.39, 0.29) is 6.10 Å². The van der Waals surface area contributed by atoms with Crippen LogP contribution in [0.1, 0.15) is 32.1 Å². The lowest BCUT2D eigenvalue weighted by Crippen LogP contribution is -1.99. The van der Waals surface area contributed by atoms with Crippen molar-refractivity contribution in [2.75, 3.05) is 0 Å². The molecule has 1 aliphatic carbocycles. The van der Waals surface area contributed by atoms with Crippen LogP contribution in [-0.4, -0.2) is 11.2 Å². The Morgan fingerprint density at radius 1 is 0.769 bits per heavy atom. The summed E-state index contributed by atoms with van der Waals surface area (Å²) in [4.78, 5) is 0. The van der Waals surface area contributed by atoms with Crippen LogP contribution in [0.5, 0.6) is 0 Å². The summed E-state index contributed by atoms with van der Waals surface area (Å²) in [6.45, 7) is 0. The number of aliphatic hydroxyl groups excluding tert-OH is 1. The van der Waals surface area contributed by atoms with E-state index in [9.17, 15) is 5.11 Å². The first-order valence-electron chi connectivity index (χ1n) is 5.04. The molecule has 0 aromatic carbocycles. The van der Waals surface area contributed by atoms with Crippen LogP contribution in [0.3, 0.4) is 0 Å².